The zero-order valence-electron chi connectivity index (χ0n) is 19.2. The molecular weight excluding hydrogens is 406 g/mol. The van der Waals surface area contributed by atoms with Crippen LogP contribution in [0.1, 0.15) is 27.2 Å². The Morgan fingerprint density at radius 3 is 2.56 bits per heavy atom. The summed E-state index contributed by atoms with van der Waals surface area (Å²) in [5, 5.41) is 9.23. The number of rotatable bonds is 10. The molecule has 0 radical (unpaired) electrons. The summed E-state index contributed by atoms with van der Waals surface area (Å²) in [6.07, 6.45) is 0.281. The molecule has 0 bridgehead atoms. The molecule has 0 aliphatic carbocycles. The van der Waals surface area contributed by atoms with Crippen LogP contribution in [-0.2, 0) is 4.74 Å². The van der Waals surface area contributed by atoms with Crippen molar-refractivity contribution in [1.29, 1.82) is 0 Å². The molecule has 0 fully saturated rings. The van der Waals surface area contributed by atoms with Crippen molar-refractivity contribution >= 4 is 22.8 Å². The number of nitrogens with zero attached hydrogens (tertiary/aromatic N) is 1. The van der Waals surface area contributed by atoms with Crippen molar-refractivity contribution in [2.45, 2.75) is 32.8 Å². The number of benzene rings is 2. The van der Waals surface area contributed by atoms with E-state index in [9.17, 15) is 4.79 Å². The first-order valence-electron chi connectivity index (χ1n) is 10.9. The molecule has 0 atom stereocenters. The third kappa shape index (κ3) is 7.16. The van der Waals surface area contributed by atoms with Crippen LogP contribution in [0.2, 0.25) is 0 Å². The number of hydrogen-bond donors (Lipinski definition) is 4. The van der Waals surface area contributed by atoms with Crippen LogP contribution in [0.5, 0.6) is 5.75 Å². The smallest absolute Gasteiger partial charge is 0.407 e. The van der Waals surface area contributed by atoms with Gasteiger partial charge in [0.25, 0.3) is 0 Å². The van der Waals surface area contributed by atoms with Crippen LogP contribution in [-0.4, -0.2) is 55.0 Å². The first kappa shape index (κ1) is 23.4. The molecule has 0 unspecified atom stereocenters. The number of nitrogens with one attached hydrogen (secondary N) is 4. The largest absolute Gasteiger partial charge is 0.494 e. The summed E-state index contributed by atoms with van der Waals surface area (Å²) < 4.78 is 11.0. The fourth-order valence-corrected chi connectivity index (χ4v) is 3.06. The number of aromatic nitrogens is 2. The van der Waals surface area contributed by atoms with Crippen LogP contribution in [0.15, 0.2) is 42.5 Å². The van der Waals surface area contributed by atoms with Crippen LogP contribution in [0, 0.1) is 0 Å². The summed E-state index contributed by atoms with van der Waals surface area (Å²) in [7, 11) is 1.94. The second-order valence-corrected chi connectivity index (χ2v) is 8.50. The number of H-pyrrole nitrogens is 1. The van der Waals surface area contributed by atoms with Gasteiger partial charge in [-0.2, -0.15) is 0 Å². The molecule has 8 heteroatoms. The number of hydrogen-bond acceptors (Lipinski definition) is 6. The van der Waals surface area contributed by atoms with Crippen LogP contribution < -0.4 is 20.7 Å². The van der Waals surface area contributed by atoms with E-state index in [1.807, 2.05) is 64.2 Å². The Morgan fingerprint density at radius 1 is 1.06 bits per heavy atom. The molecule has 2 aromatic carbocycles. The predicted molar refractivity (Wildman–Crippen MR) is 128 cm³/mol. The summed E-state index contributed by atoms with van der Waals surface area (Å²) in [6.45, 7) is 8.28. The highest BCUT2D eigenvalue weighted by atomic mass is 16.6. The summed E-state index contributed by atoms with van der Waals surface area (Å²) in [5.74, 6) is 1.60. The van der Waals surface area contributed by atoms with Crippen LogP contribution in [0.3, 0.4) is 0 Å². The average Bonchev–Trinajstić information content (AvgIpc) is 3.16. The van der Waals surface area contributed by atoms with Gasteiger partial charge >= 0.3 is 6.09 Å². The van der Waals surface area contributed by atoms with Gasteiger partial charge in [-0.05, 0) is 76.7 Å². The Morgan fingerprint density at radius 2 is 1.84 bits per heavy atom. The lowest BCUT2D eigenvalue weighted by Crippen LogP contribution is -2.33. The van der Waals surface area contributed by atoms with E-state index in [1.165, 1.54) is 0 Å². The molecule has 0 aliphatic rings. The molecule has 4 N–H and O–H groups in total. The maximum absolute atomic E-state index is 11.6. The standard InChI is InChI=1S/C24H33N5O3/c1-24(2,3)32-23(30)27-12-5-15-31-19-9-6-17(7-10-19)22-28-20-11-8-18(16-21(20)29-22)26-14-13-25-4/h6-11,16,25-26H,5,12-15H2,1-4H3,(H,27,30)(H,28,29). The van der Waals surface area contributed by atoms with Gasteiger partial charge in [0.15, 0.2) is 0 Å². The molecule has 1 amide bonds. The monoisotopic (exact) mass is 439 g/mol. The van der Waals surface area contributed by atoms with Crippen LogP contribution in [0.4, 0.5) is 10.5 Å². The first-order chi connectivity index (χ1) is 15.3. The zero-order valence-corrected chi connectivity index (χ0v) is 19.2. The van der Waals surface area contributed by atoms with E-state index in [1.54, 1.807) is 0 Å². The fourth-order valence-electron chi connectivity index (χ4n) is 3.06. The van der Waals surface area contributed by atoms with Crippen molar-refractivity contribution in [3.63, 3.8) is 0 Å². The summed E-state index contributed by atoms with van der Waals surface area (Å²) in [5.41, 5.74) is 3.48. The molecule has 0 aliphatic heterocycles. The minimum absolute atomic E-state index is 0.409. The van der Waals surface area contributed by atoms with Gasteiger partial charge in [0.05, 0.1) is 17.6 Å². The highest BCUT2D eigenvalue weighted by molar-refractivity contribution is 5.82. The number of alkyl carbamates (subject to hydrolysis) is 1. The number of fused-ring (bicyclic) bond motifs is 1. The third-order valence-corrected chi connectivity index (χ3v) is 4.57. The lowest BCUT2D eigenvalue weighted by molar-refractivity contribution is 0.0525. The second kappa shape index (κ2) is 10.9. The van der Waals surface area contributed by atoms with Crippen LogP contribution in [0.25, 0.3) is 22.4 Å². The minimum atomic E-state index is -0.492. The molecule has 1 heterocycles. The van der Waals surface area contributed by atoms with Crippen molar-refractivity contribution in [3.8, 4) is 17.1 Å². The Balaban J connectivity index is 1.48. The summed E-state index contributed by atoms with van der Waals surface area (Å²) >= 11 is 0. The van der Waals surface area contributed by atoms with E-state index in [2.05, 4.69) is 32.0 Å². The molecule has 32 heavy (non-hydrogen) atoms. The van der Waals surface area contributed by atoms with Gasteiger partial charge < -0.3 is 30.4 Å². The van der Waals surface area contributed by atoms with E-state index in [0.717, 1.165) is 46.9 Å². The van der Waals surface area contributed by atoms with Gasteiger partial charge in [-0.1, -0.05) is 0 Å². The van der Waals surface area contributed by atoms with E-state index < -0.39 is 11.7 Å². The Bertz CT molecular complexity index is 1010. The number of ether oxygens (including phenoxy) is 2. The lowest BCUT2D eigenvalue weighted by Gasteiger charge is -2.19. The quantitative estimate of drug-likeness (QED) is 0.354. The molecule has 3 rings (SSSR count). The molecule has 0 spiro atoms. The second-order valence-electron chi connectivity index (χ2n) is 8.50. The summed E-state index contributed by atoms with van der Waals surface area (Å²) in [4.78, 5) is 19.7. The van der Waals surface area contributed by atoms with Crippen molar-refractivity contribution in [2.75, 3.05) is 38.6 Å². The molecule has 8 nitrogen and oxygen atoms in total. The SMILES string of the molecule is CNCCNc1ccc2nc(-c3ccc(OCCCNC(=O)OC(C)(C)C)cc3)[nH]c2c1. The average molecular weight is 440 g/mol. The number of likely N-dealkylation sites (N-methyl/N-ethyl adjacent to an activating group) is 1. The number of carbonyl (C=O) groups is 1. The van der Waals surface area contributed by atoms with Crippen molar-refractivity contribution in [1.82, 2.24) is 20.6 Å². The fraction of sp³-hybridized carbons (Fsp3) is 0.417. The van der Waals surface area contributed by atoms with Gasteiger partial charge in [-0.15, -0.1) is 0 Å². The zero-order chi connectivity index (χ0) is 23.0. The van der Waals surface area contributed by atoms with Gasteiger partial charge in [0, 0.05) is 30.9 Å². The molecular formula is C24H33N5O3. The predicted octanol–water partition coefficient (Wildman–Crippen LogP) is 4.15. The van der Waals surface area contributed by atoms with E-state index in [4.69, 9.17) is 9.47 Å². The van der Waals surface area contributed by atoms with Gasteiger partial charge in [-0.3, -0.25) is 0 Å². The van der Waals surface area contributed by atoms with Gasteiger partial charge in [-0.25, -0.2) is 9.78 Å². The van der Waals surface area contributed by atoms with E-state index >= 15 is 0 Å². The highest BCUT2D eigenvalue weighted by Crippen LogP contribution is 2.24. The first-order valence-corrected chi connectivity index (χ1v) is 10.9. The van der Waals surface area contributed by atoms with E-state index in [0.29, 0.717) is 19.6 Å². The Labute approximate surface area is 189 Å². The van der Waals surface area contributed by atoms with Gasteiger partial charge in [0.1, 0.15) is 17.2 Å². The molecule has 3 aromatic rings. The van der Waals surface area contributed by atoms with Crippen LogP contribution >= 0.6 is 0 Å². The number of amides is 1. The molecule has 1 aromatic heterocycles. The lowest BCUT2D eigenvalue weighted by atomic mass is 10.2. The number of carbonyl (C=O) groups excluding carboxylic acids is 1. The van der Waals surface area contributed by atoms with E-state index in [-0.39, 0.29) is 0 Å². The minimum Gasteiger partial charge on any atom is -0.494 e. The maximum Gasteiger partial charge on any atom is 0.407 e. The third-order valence-electron chi connectivity index (χ3n) is 4.57. The number of imidazole rings is 1. The summed E-state index contributed by atoms with van der Waals surface area (Å²) in [6, 6.07) is 13.9. The van der Waals surface area contributed by atoms with Crippen molar-refractivity contribution in [2.24, 2.45) is 0 Å². The van der Waals surface area contributed by atoms with Crippen molar-refractivity contribution in [3.05, 3.63) is 42.5 Å². The molecule has 172 valence electrons. The van der Waals surface area contributed by atoms with Gasteiger partial charge in [0.2, 0.25) is 0 Å². The molecule has 0 saturated carbocycles. The molecule has 0 saturated heterocycles. The van der Waals surface area contributed by atoms with Crippen molar-refractivity contribution < 1.29 is 14.3 Å². The number of anilines is 1. The topological polar surface area (TPSA) is 100 Å². The maximum atomic E-state index is 11.6. The normalized spacial score (nSPS) is 11.4. The Kier molecular flexibility index (Phi) is 7.94. The Hall–Kier alpha value is -3.26. The number of aromatic amines is 1. The highest BCUT2D eigenvalue weighted by Gasteiger charge is 2.15.